The van der Waals surface area contributed by atoms with E-state index in [0.29, 0.717) is 0 Å². The summed E-state index contributed by atoms with van der Waals surface area (Å²) < 4.78 is 51.5. The molecule has 0 saturated carbocycles. The molecule has 2 aromatic heterocycles. The molecule has 1 aliphatic rings. The molecule has 3 aromatic rings. The van der Waals surface area contributed by atoms with Crippen molar-refractivity contribution in [3.05, 3.63) is 64.7 Å². The Labute approximate surface area is 210 Å². The first-order valence-electron chi connectivity index (χ1n) is 11.2. The van der Waals surface area contributed by atoms with Crippen LogP contribution in [0.5, 0.6) is 5.88 Å². The average molecular weight is 518 g/mol. The van der Waals surface area contributed by atoms with Crippen LogP contribution in [0.1, 0.15) is 35.0 Å². The van der Waals surface area contributed by atoms with E-state index in [1.807, 2.05) is 0 Å². The lowest BCUT2D eigenvalue weighted by Crippen LogP contribution is -2.39. The topological polar surface area (TPSA) is 148 Å². The van der Waals surface area contributed by atoms with Crippen LogP contribution in [0.4, 0.5) is 19.1 Å². The monoisotopic (exact) mass is 518 g/mol. The van der Waals surface area contributed by atoms with E-state index in [1.54, 1.807) is 18.2 Å². The highest BCUT2D eigenvalue weighted by molar-refractivity contribution is 6.01. The zero-order chi connectivity index (χ0) is 26.7. The third kappa shape index (κ3) is 5.33. The zero-order valence-corrected chi connectivity index (χ0v) is 20.0. The minimum absolute atomic E-state index is 0.0253. The number of hydrogen-bond donors (Lipinski definition) is 4. The Morgan fingerprint density at radius 1 is 1.19 bits per heavy atom. The molecule has 1 unspecified atom stereocenters. The molecule has 1 aliphatic heterocycles. The molecule has 37 heavy (non-hydrogen) atoms. The Hall–Kier alpha value is -3.81. The summed E-state index contributed by atoms with van der Waals surface area (Å²) in [7, 11) is 1.40. The van der Waals surface area contributed by atoms with Gasteiger partial charge in [0.25, 0.3) is 0 Å². The highest BCUT2D eigenvalue weighted by Gasteiger charge is 2.51. The fraction of sp³-hybridized carbons (Fsp3) is 0.333. The Balaban J connectivity index is 1.83. The standard InChI is InChI=1S/C24H25F3N6O4/c1-12-19-21(32-23(28)29-12)24(26,27)20(31-22(19)33-37-9-8-14(35)11-34)15-7-6-13(25)10-16(15)17-4-3-5-18(30-17)36-2/h3-7,10,14,20,34-35H,8-9,11H2,1-2H3,(H,31,33)(H2,28,29,32)/t14?,20-/m1/s1. The number of methoxy groups -OCH3 is 1. The first-order chi connectivity index (χ1) is 17.6. The van der Waals surface area contributed by atoms with Crippen molar-refractivity contribution in [1.29, 1.82) is 0 Å². The summed E-state index contributed by atoms with van der Waals surface area (Å²) in [6.45, 7) is 0.949. The number of rotatable bonds is 8. The second-order valence-corrected chi connectivity index (χ2v) is 8.27. The number of pyridine rings is 1. The van der Waals surface area contributed by atoms with Crippen LogP contribution in [0.25, 0.3) is 11.3 Å². The van der Waals surface area contributed by atoms with E-state index in [0.717, 1.165) is 12.1 Å². The smallest absolute Gasteiger partial charge is 0.316 e. The number of aliphatic imine (C=N–C) groups is 1. The predicted molar refractivity (Wildman–Crippen MR) is 127 cm³/mol. The highest BCUT2D eigenvalue weighted by Crippen LogP contribution is 2.49. The zero-order valence-electron chi connectivity index (χ0n) is 20.0. The lowest BCUT2D eigenvalue weighted by molar-refractivity contribution is -0.0393. The molecule has 5 N–H and O–H groups in total. The number of aryl methyl sites for hydroxylation is 1. The quantitative estimate of drug-likeness (QED) is 0.261. The van der Waals surface area contributed by atoms with Crippen LogP contribution in [0.15, 0.2) is 41.4 Å². The van der Waals surface area contributed by atoms with Gasteiger partial charge in [-0.25, -0.2) is 24.8 Å². The van der Waals surface area contributed by atoms with E-state index in [4.69, 9.17) is 20.4 Å². The van der Waals surface area contributed by atoms with Crippen molar-refractivity contribution in [2.45, 2.75) is 31.4 Å². The third-order valence-corrected chi connectivity index (χ3v) is 5.71. The maximum atomic E-state index is 16.0. The molecule has 0 saturated heterocycles. The van der Waals surface area contributed by atoms with Gasteiger partial charge in [-0.3, -0.25) is 9.83 Å². The number of nitrogens with zero attached hydrogens (tertiary/aromatic N) is 4. The molecule has 0 radical (unpaired) electrons. The summed E-state index contributed by atoms with van der Waals surface area (Å²) in [5.74, 6) is -4.57. The van der Waals surface area contributed by atoms with Crippen LogP contribution in [-0.4, -0.2) is 57.4 Å². The molecular formula is C24H25F3N6O4. The van der Waals surface area contributed by atoms with E-state index in [-0.39, 0.29) is 58.8 Å². The molecule has 3 heterocycles. The molecule has 0 spiro atoms. The van der Waals surface area contributed by atoms with Crippen LogP contribution in [0, 0.1) is 12.7 Å². The molecule has 13 heteroatoms. The summed E-state index contributed by atoms with van der Waals surface area (Å²) in [4.78, 5) is 21.7. The molecular weight excluding hydrogens is 493 g/mol. The van der Waals surface area contributed by atoms with Crippen molar-refractivity contribution in [3.63, 3.8) is 0 Å². The van der Waals surface area contributed by atoms with Gasteiger partial charge >= 0.3 is 5.92 Å². The Bertz CT molecular complexity index is 1320. The van der Waals surface area contributed by atoms with E-state index in [1.165, 1.54) is 20.1 Å². The fourth-order valence-corrected chi connectivity index (χ4v) is 3.94. The molecule has 0 aliphatic carbocycles. The van der Waals surface area contributed by atoms with Gasteiger partial charge < -0.3 is 20.7 Å². The first kappa shape index (κ1) is 26.3. The summed E-state index contributed by atoms with van der Waals surface area (Å²) in [5, 5.41) is 18.5. The number of hydroxylamine groups is 1. The van der Waals surface area contributed by atoms with E-state index in [9.17, 15) is 9.50 Å². The number of hydrogen-bond acceptors (Lipinski definition) is 10. The van der Waals surface area contributed by atoms with E-state index in [2.05, 4.69) is 25.4 Å². The van der Waals surface area contributed by atoms with Crippen LogP contribution < -0.4 is 16.0 Å². The molecule has 196 valence electrons. The van der Waals surface area contributed by atoms with Crippen molar-refractivity contribution in [2.24, 2.45) is 4.99 Å². The Morgan fingerprint density at radius 2 is 1.97 bits per heavy atom. The number of anilines is 1. The van der Waals surface area contributed by atoms with Crippen molar-refractivity contribution in [2.75, 3.05) is 26.1 Å². The molecule has 0 bridgehead atoms. The van der Waals surface area contributed by atoms with Crippen LogP contribution >= 0.6 is 0 Å². The van der Waals surface area contributed by atoms with Crippen molar-refractivity contribution in [1.82, 2.24) is 20.4 Å². The lowest BCUT2D eigenvalue weighted by Gasteiger charge is -2.32. The van der Waals surface area contributed by atoms with Gasteiger partial charge in [-0.1, -0.05) is 12.1 Å². The number of amidine groups is 1. The van der Waals surface area contributed by atoms with Gasteiger partial charge in [0.15, 0.2) is 5.84 Å². The highest BCUT2D eigenvalue weighted by atomic mass is 19.3. The van der Waals surface area contributed by atoms with Gasteiger partial charge in [-0.05, 0) is 30.7 Å². The second kappa shape index (κ2) is 10.7. The number of fused-ring (bicyclic) bond motifs is 1. The summed E-state index contributed by atoms with van der Waals surface area (Å²) in [6, 6.07) is 6.21. The number of ether oxygens (including phenoxy) is 1. The SMILES string of the molecule is COc1cccc(-c2cc(F)ccc2[C@H]2N=C(NOCCC(O)CO)c3c(C)nc(N)nc3C2(F)F)n1. The van der Waals surface area contributed by atoms with Crippen LogP contribution in [0.2, 0.25) is 0 Å². The average Bonchev–Trinajstić information content (AvgIpc) is 2.87. The number of aromatic nitrogens is 3. The largest absolute Gasteiger partial charge is 0.481 e. The van der Waals surface area contributed by atoms with E-state index < -0.39 is 36.2 Å². The van der Waals surface area contributed by atoms with Crippen molar-refractivity contribution in [3.8, 4) is 17.1 Å². The number of nitrogens with two attached hydrogens (primary N) is 1. The molecule has 0 amide bonds. The Morgan fingerprint density at radius 3 is 2.70 bits per heavy atom. The molecule has 10 nitrogen and oxygen atoms in total. The summed E-state index contributed by atoms with van der Waals surface area (Å²) in [5.41, 5.74) is 7.87. The number of benzene rings is 1. The minimum Gasteiger partial charge on any atom is -0.481 e. The number of aliphatic hydroxyl groups excluding tert-OH is 2. The van der Waals surface area contributed by atoms with Gasteiger partial charge in [-0.15, -0.1) is 0 Å². The van der Waals surface area contributed by atoms with Crippen molar-refractivity contribution < 1.29 is 33.0 Å². The Kier molecular flexibility index (Phi) is 7.57. The summed E-state index contributed by atoms with van der Waals surface area (Å²) >= 11 is 0. The van der Waals surface area contributed by atoms with Gasteiger partial charge in [0.2, 0.25) is 11.8 Å². The molecule has 1 aromatic carbocycles. The van der Waals surface area contributed by atoms with Crippen molar-refractivity contribution >= 4 is 11.8 Å². The van der Waals surface area contributed by atoms with Gasteiger partial charge in [0.1, 0.15) is 17.6 Å². The fourth-order valence-electron chi connectivity index (χ4n) is 3.94. The number of nitrogens with one attached hydrogen (secondary N) is 1. The minimum atomic E-state index is -3.68. The molecule has 4 rings (SSSR count). The maximum Gasteiger partial charge on any atom is 0.316 e. The normalized spacial score (nSPS) is 17.1. The third-order valence-electron chi connectivity index (χ3n) is 5.71. The van der Waals surface area contributed by atoms with E-state index >= 15 is 8.78 Å². The van der Waals surface area contributed by atoms with Gasteiger partial charge in [-0.2, -0.15) is 8.78 Å². The molecule has 0 fully saturated rings. The second-order valence-electron chi connectivity index (χ2n) is 8.27. The number of nitrogen functional groups attached to an aromatic ring is 1. The summed E-state index contributed by atoms with van der Waals surface area (Å²) in [6.07, 6.45) is -0.939. The molecule has 2 atom stereocenters. The van der Waals surface area contributed by atoms with Crippen LogP contribution in [-0.2, 0) is 10.8 Å². The number of alkyl halides is 2. The lowest BCUT2D eigenvalue weighted by atomic mass is 9.88. The van der Waals surface area contributed by atoms with Gasteiger partial charge in [0, 0.05) is 18.1 Å². The van der Waals surface area contributed by atoms with Crippen LogP contribution in [0.3, 0.4) is 0 Å². The maximum absolute atomic E-state index is 16.0. The number of halogens is 3. The first-order valence-corrected chi connectivity index (χ1v) is 11.2. The van der Waals surface area contributed by atoms with Gasteiger partial charge in [0.05, 0.1) is 43.4 Å². The predicted octanol–water partition coefficient (Wildman–Crippen LogP) is 2.43. The number of aliphatic hydroxyl groups is 2.